The fourth-order valence-corrected chi connectivity index (χ4v) is 3.29. The lowest BCUT2D eigenvalue weighted by atomic mass is 9.96. The molecule has 1 fully saturated rings. The minimum atomic E-state index is -0.0587. The monoisotopic (exact) mass is 380 g/mol. The molecule has 1 saturated carbocycles. The van der Waals surface area contributed by atoms with Gasteiger partial charge in [-0.2, -0.15) is 0 Å². The first kappa shape index (κ1) is 17.8. The van der Waals surface area contributed by atoms with Crippen molar-refractivity contribution >= 4 is 27.8 Å². The van der Waals surface area contributed by atoms with Crippen LogP contribution < -0.4 is 16.0 Å². The molecule has 1 aromatic carbocycles. The van der Waals surface area contributed by atoms with Crippen LogP contribution in [0.3, 0.4) is 0 Å². The number of carbonyl (C=O) groups is 1. The van der Waals surface area contributed by atoms with Crippen molar-refractivity contribution in [3.05, 3.63) is 34.3 Å². The highest BCUT2D eigenvalue weighted by atomic mass is 79.9. The first-order valence-electron chi connectivity index (χ1n) is 8.15. The maximum Gasteiger partial charge on any atom is 0.241 e. The molecule has 5 nitrogen and oxygen atoms in total. The van der Waals surface area contributed by atoms with Crippen molar-refractivity contribution in [1.29, 1.82) is 0 Å². The van der Waals surface area contributed by atoms with Crippen LogP contribution in [0.2, 0.25) is 0 Å². The van der Waals surface area contributed by atoms with E-state index in [0.717, 1.165) is 17.6 Å². The van der Waals surface area contributed by atoms with Crippen LogP contribution in [-0.2, 0) is 10.2 Å². The Morgan fingerprint density at radius 2 is 1.87 bits per heavy atom. The average Bonchev–Trinajstić information content (AvgIpc) is 3.32. The molecule has 126 valence electrons. The van der Waals surface area contributed by atoms with Gasteiger partial charge in [0.05, 0.1) is 0 Å². The second kappa shape index (κ2) is 8.34. The third kappa shape index (κ3) is 4.96. The molecule has 0 aromatic heterocycles. The maximum atomic E-state index is 11.6. The molecule has 0 bridgehead atoms. The van der Waals surface area contributed by atoms with Gasteiger partial charge in [0.15, 0.2) is 5.96 Å². The summed E-state index contributed by atoms with van der Waals surface area (Å²) in [5.41, 5.74) is 1.51. The highest BCUT2D eigenvalue weighted by molar-refractivity contribution is 9.10. The normalized spacial score (nSPS) is 15.9. The van der Waals surface area contributed by atoms with E-state index in [1.807, 2.05) is 19.9 Å². The van der Waals surface area contributed by atoms with Crippen LogP contribution in [0, 0.1) is 0 Å². The van der Waals surface area contributed by atoms with Gasteiger partial charge in [-0.15, -0.1) is 0 Å². The number of rotatable bonds is 7. The molecule has 0 heterocycles. The second-order valence-corrected chi connectivity index (χ2v) is 6.62. The fourth-order valence-electron chi connectivity index (χ4n) is 2.58. The van der Waals surface area contributed by atoms with Crippen molar-refractivity contribution in [2.75, 3.05) is 26.2 Å². The van der Waals surface area contributed by atoms with E-state index in [1.165, 1.54) is 18.4 Å². The lowest BCUT2D eigenvalue weighted by Gasteiger charge is -2.20. The van der Waals surface area contributed by atoms with Crippen LogP contribution in [0.5, 0.6) is 0 Å². The van der Waals surface area contributed by atoms with Crippen molar-refractivity contribution in [3.8, 4) is 0 Å². The molecule has 2 rings (SSSR count). The number of benzene rings is 1. The lowest BCUT2D eigenvalue weighted by molar-refractivity contribution is -0.119. The molecule has 1 amide bonds. The Hall–Kier alpha value is -1.56. The molecule has 0 spiro atoms. The van der Waals surface area contributed by atoms with Crippen molar-refractivity contribution < 1.29 is 4.79 Å². The first-order chi connectivity index (χ1) is 11.1. The van der Waals surface area contributed by atoms with Gasteiger partial charge < -0.3 is 16.0 Å². The molecule has 0 unspecified atom stereocenters. The number of hydrogen-bond donors (Lipinski definition) is 3. The zero-order valence-electron chi connectivity index (χ0n) is 13.8. The smallest absolute Gasteiger partial charge is 0.241 e. The van der Waals surface area contributed by atoms with E-state index >= 15 is 0 Å². The van der Waals surface area contributed by atoms with Gasteiger partial charge in [-0.05, 0) is 38.3 Å². The number of amides is 1. The van der Waals surface area contributed by atoms with Gasteiger partial charge in [0.25, 0.3) is 0 Å². The minimum Gasteiger partial charge on any atom is -0.357 e. The van der Waals surface area contributed by atoms with Gasteiger partial charge >= 0.3 is 0 Å². The molecule has 0 saturated heterocycles. The third-order valence-corrected chi connectivity index (χ3v) is 4.68. The summed E-state index contributed by atoms with van der Waals surface area (Å²) in [5.74, 6) is 0.633. The Morgan fingerprint density at radius 1 is 1.17 bits per heavy atom. The summed E-state index contributed by atoms with van der Waals surface area (Å²) in [6, 6.07) is 8.38. The third-order valence-electron chi connectivity index (χ3n) is 3.99. The quantitative estimate of drug-likeness (QED) is 0.501. The number of halogens is 1. The zero-order chi connectivity index (χ0) is 16.7. The van der Waals surface area contributed by atoms with Crippen LogP contribution >= 0.6 is 15.9 Å². The summed E-state index contributed by atoms with van der Waals surface area (Å²) in [4.78, 5) is 15.9. The van der Waals surface area contributed by atoms with Gasteiger partial charge in [0, 0.05) is 29.5 Å². The summed E-state index contributed by atoms with van der Waals surface area (Å²) >= 11 is 3.65. The van der Waals surface area contributed by atoms with Gasteiger partial charge in [-0.3, -0.25) is 4.79 Å². The zero-order valence-corrected chi connectivity index (χ0v) is 15.4. The Balaban J connectivity index is 1.97. The number of hydrogen-bond acceptors (Lipinski definition) is 2. The molecule has 1 aliphatic carbocycles. The van der Waals surface area contributed by atoms with Crippen molar-refractivity contribution in [1.82, 2.24) is 16.0 Å². The summed E-state index contributed by atoms with van der Waals surface area (Å²) in [6.45, 7) is 6.28. The van der Waals surface area contributed by atoms with Crippen molar-refractivity contribution in [2.24, 2.45) is 4.99 Å². The molecular weight excluding hydrogens is 356 g/mol. The van der Waals surface area contributed by atoms with Gasteiger partial charge in [0.2, 0.25) is 5.91 Å². The number of nitrogens with zero attached hydrogens (tertiary/aromatic N) is 1. The summed E-state index contributed by atoms with van der Waals surface area (Å²) < 4.78 is 1.16. The summed E-state index contributed by atoms with van der Waals surface area (Å²) in [7, 11) is 0. The van der Waals surface area contributed by atoms with Gasteiger partial charge in [-0.25, -0.2) is 4.99 Å². The highest BCUT2D eigenvalue weighted by Gasteiger charge is 2.45. The molecule has 1 aromatic rings. The van der Waals surface area contributed by atoms with Gasteiger partial charge in [0.1, 0.15) is 6.54 Å². The van der Waals surface area contributed by atoms with E-state index in [9.17, 15) is 4.79 Å². The predicted octanol–water partition coefficient (Wildman–Crippen LogP) is 2.17. The average molecular weight is 381 g/mol. The Bertz CT molecular complexity index is 569. The largest absolute Gasteiger partial charge is 0.357 e. The first-order valence-corrected chi connectivity index (χ1v) is 8.94. The number of likely N-dealkylation sites (N-methyl/N-ethyl adjacent to an activating group) is 1. The van der Waals surface area contributed by atoms with Crippen LogP contribution in [0.15, 0.2) is 33.7 Å². The number of nitrogens with one attached hydrogen (secondary N) is 3. The Morgan fingerprint density at radius 3 is 2.48 bits per heavy atom. The van der Waals surface area contributed by atoms with E-state index in [2.05, 4.69) is 55.1 Å². The highest BCUT2D eigenvalue weighted by Crippen LogP contribution is 2.49. The SMILES string of the molecule is CCNC(=O)CN=C(NCC)NCC1(c2ccccc2Br)CC1. The van der Waals surface area contributed by atoms with Crippen LogP contribution in [-0.4, -0.2) is 38.0 Å². The van der Waals surface area contributed by atoms with Crippen LogP contribution in [0.1, 0.15) is 32.3 Å². The topological polar surface area (TPSA) is 65.5 Å². The lowest BCUT2D eigenvalue weighted by Crippen LogP contribution is -2.42. The standard InChI is InChI=1S/C17H25BrN4O/c1-3-19-15(23)11-21-16(20-4-2)22-12-17(9-10-17)13-7-5-6-8-14(13)18/h5-8H,3-4,9-12H2,1-2H3,(H,19,23)(H2,20,21,22). The predicted molar refractivity (Wildman–Crippen MR) is 97.7 cm³/mol. The molecule has 0 atom stereocenters. The second-order valence-electron chi connectivity index (χ2n) is 5.76. The molecule has 6 heteroatoms. The number of carbonyl (C=O) groups excluding carboxylic acids is 1. The molecule has 3 N–H and O–H groups in total. The van der Waals surface area contributed by atoms with E-state index in [-0.39, 0.29) is 17.9 Å². The maximum absolute atomic E-state index is 11.6. The van der Waals surface area contributed by atoms with E-state index < -0.39 is 0 Å². The van der Waals surface area contributed by atoms with Gasteiger partial charge in [-0.1, -0.05) is 34.1 Å². The fraction of sp³-hybridized carbons (Fsp3) is 0.529. The minimum absolute atomic E-state index is 0.0587. The molecule has 0 aliphatic heterocycles. The van der Waals surface area contributed by atoms with E-state index in [1.54, 1.807) is 0 Å². The van der Waals surface area contributed by atoms with E-state index in [4.69, 9.17) is 0 Å². The Labute approximate surface area is 146 Å². The number of aliphatic imine (C=N–C) groups is 1. The Kier molecular flexibility index (Phi) is 6.45. The molecular formula is C17H25BrN4O. The summed E-state index contributed by atoms with van der Waals surface area (Å²) in [5, 5.41) is 9.33. The summed E-state index contributed by atoms with van der Waals surface area (Å²) in [6.07, 6.45) is 2.33. The molecule has 0 radical (unpaired) electrons. The van der Waals surface area contributed by atoms with Crippen molar-refractivity contribution in [3.63, 3.8) is 0 Å². The molecule has 23 heavy (non-hydrogen) atoms. The van der Waals surface area contributed by atoms with Crippen LogP contribution in [0.4, 0.5) is 0 Å². The van der Waals surface area contributed by atoms with Crippen LogP contribution in [0.25, 0.3) is 0 Å². The molecule has 1 aliphatic rings. The van der Waals surface area contributed by atoms with Crippen molar-refractivity contribution in [2.45, 2.75) is 32.1 Å². The number of guanidine groups is 1. The van der Waals surface area contributed by atoms with E-state index in [0.29, 0.717) is 12.5 Å².